The first-order valence-electron chi connectivity index (χ1n) is 6.17. The first-order valence-corrected chi connectivity index (χ1v) is 6.17. The summed E-state index contributed by atoms with van der Waals surface area (Å²) in [7, 11) is 1.76. The molecule has 0 unspecified atom stereocenters. The minimum atomic E-state index is -4.61. The van der Waals surface area contributed by atoms with Crippen LogP contribution in [0.1, 0.15) is 24.0 Å². The van der Waals surface area contributed by atoms with E-state index in [4.69, 9.17) is 5.73 Å². The van der Waals surface area contributed by atoms with E-state index in [9.17, 15) is 17.6 Å². The zero-order chi connectivity index (χ0) is 14.9. The van der Waals surface area contributed by atoms with Crippen LogP contribution in [0.25, 0.3) is 0 Å². The van der Waals surface area contributed by atoms with Crippen LogP contribution in [-0.4, -0.2) is 23.9 Å². The number of aliphatic imine (C=N–C) groups is 1. The van der Waals surface area contributed by atoms with Crippen molar-refractivity contribution in [2.45, 2.75) is 31.6 Å². The minimum absolute atomic E-state index is 0.0916. The van der Waals surface area contributed by atoms with Gasteiger partial charge >= 0.3 is 6.18 Å². The predicted molar refractivity (Wildman–Crippen MR) is 67.5 cm³/mol. The Morgan fingerprint density at radius 2 is 2.05 bits per heavy atom. The van der Waals surface area contributed by atoms with Crippen LogP contribution in [-0.2, 0) is 12.7 Å². The number of guanidine groups is 1. The molecule has 2 rings (SSSR count). The van der Waals surface area contributed by atoms with Gasteiger partial charge in [-0.2, -0.15) is 13.2 Å². The van der Waals surface area contributed by atoms with Gasteiger partial charge in [0, 0.05) is 13.1 Å². The molecule has 1 aliphatic carbocycles. The van der Waals surface area contributed by atoms with Crippen molar-refractivity contribution in [1.29, 1.82) is 0 Å². The molecule has 1 aromatic carbocycles. The number of hydrogen-bond donors (Lipinski definition) is 1. The second kappa shape index (κ2) is 5.30. The van der Waals surface area contributed by atoms with Gasteiger partial charge in [-0.15, -0.1) is 0 Å². The Bertz CT molecular complexity index is 521. The number of hydrogen-bond acceptors (Lipinski definition) is 1. The van der Waals surface area contributed by atoms with Crippen LogP contribution in [0.3, 0.4) is 0 Å². The van der Waals surface area contributed by atoms with Gasteiger partial charge in [-0.3, -0.25) is 0 Å². The molecular formula is C13H15F4N3. The average Bonchev–Trinajstić information content (AvgIpc) is 3.19. The third-order valence-corrected chi connectivity index (χ3v) is 3.24. The molecule has 3 nitrogen and oxygen atoms in total. The highest BCUT2D eigenvalue weighted by Crippen LogP contribution is 2.33. The third-order valence-electron chi connectivity index (χ3n) is 3.24. The van der Waals surface area contributed by atoms with Crippen molar-refractivity contribution >= 4 is 5.96 Å². The highest BCUT2D eigenvalue weighted by molar-refractivity contribution is 5.78. The normalized spacial score (nSPS) is 16.4. The van der Waals surface area contributed by atoms with E-state index in [0.717, 1.165) is 25.0 Å². The van der Waals surface area contributed by atoms with Crippen LogP contribution >= 0.6 is 0 Å². The number of halogens is 4. The standard InChI is InChI=1S/C13H15F4N3/c1-20(10-4-5-10)12(18)19-7-8-2-3-9(14)6-11(8)13(15,16)17/h2-3,6,10H,4-5,7H2,1H3,(H2,18,19). The summed E-state index contributed by atoms with van der Waals surface area (Å²) in [4.78, 5) is 5.70. The first kappa shape index (κ1) is 14.6. The molecule has 1 aliphatic rings. The lowest BCUT2D eigenvalue weighted by atomic mass is 10.1. The summed E-state index contributed by atoms with van der Waals surface area (Å²) in [6.07, 6.45) is -2.59. The molecule has 0 bridgehead atoms. The quantitative estimate of drug-likeness (QED) is 0.528. The Morgan fingerprint density at radius 1 is 1.40 bits per heavy atom. The van der Waals surface area contributed by atoms with Crippen molar-refractivity contribution in [1.82, 2.24) is 4.90 Å². The second-order valence-electron chi connectivity index (χ2n) is 4.82. The van der Waals surface area contributed by atoms with E-state index in [0.29, 0.717) is 12.1 Å². The molecule has 1 aromatic rings. The molecule has 0 aromatic heterocycles. The molecule has 2 N–H and O–H groups in total. The number of rotatable bonds is 3. The highest BCUT2D eigenvalue weighted by atomic mass is 19.4. The molecule has 0 amide bonds. The second-order valence-corrected chi connectivity index (χ2v) is 4.82. The monoisotopic (exact) mass is 289 g/mol. The van der Waals surface area contributed by atoms with Crippen molar-refractivity contribution in [3.8, 4) is 0 Å². The fourth-order valence-corrected chi connectivity index (χ4v) is 1.88. The molecule has 1 saturated carbocycles. The lowest BCUT2D eigenvalue weighted by Gasteiger charge is -2.17. The van der Waals surface area contributed by atoms with Gasteiger partial charge in [0.1, 0.15) is 5.82 Å². The summed E-state index contributed by atoms with van der Waals surface area (Å²) in [5.41, 5.74) is 4.61. The Kier molecular flexibility index (Phi) is 3.87. The van der Waals surface area contributed by atoms with Gasteiger partial charge < -0.3 is 10.6 Å². The van der Waals surface area contributed by atoms with Gasteiger partial charge in [0.15, 0.2) is 5.96 Å². The van der Waals surface area contributed by atoms with Gasteiger partial charge in [-0.25, -0.2) is 9.38 Å². The Balaban J connectivity index is 2.18. The zero-order valence-corrected chi connectivity index (χ0v) is 10.9. The van der Waals surface area contributed by atoms with E-state index in [2.05, 4.69) is 4.99 Å². The van der Waals surface area contributed by atoms with E-state index in [1.807, 2.05) is 0 Å². The molecule has 7 heteroatoms. The van der Waals surface area contributed by atoms with Crippen molar-refractivity contribution in [3.63, 3.8) is 0 Å². The first-order chi connectivity index (χ1) is 9.29. The number of benzene rings is 1. The lowest BCUT2D eigenvalue weighted by molar-refractivity contribution is -0.138. The van der Waals surface area contributed by atoms with Crippen LogP contribution in [0.2, 0.25) is 0 Å². The SMILES string of the molecule is CN(C(N)=NCc1ccc(F)cc1C(F)(F)F)C1CC1. The fraction of sp³-hybridized carbons (Fsp3) is 0.462. The van der Waals surface area contributed by atoms with E-state index in [1.54, 1.807) is 11.9 Å². The number of nitrogens with zero attached hydrogens (tertiary/aromatic N) is 2. The Labute approximate surface area is 114 Å². The third kappa shape index (κ3) is 3.40. The molecule has 0 aliphatic heterocycles. The minimum Gasteiger partial charge on any atom is -0.370 e. The molecule has 0 spiro atoms. The molecule has 1 fully saturated rings. The van der Waals surface area contributed by atoms with Gasteiger partial charge in [0.25, 0.3) is 0 Å². The van der Waals surface area contributed by atoms with Gasteiger partial charge in [0.2, 0.25) is 0 Å². The van der Waals surface area contributed by atoms with Crippen LogP contribution in [0.5, 0.6) is 0 Å². The van der Waals surface area contributed by atoms with Gasteiger partial charge in [-0.1, -0.05) is 6.07 Å². The van der Waals surface area contributed by atoms with Gasteiger partial charge in [-0.05, 0) is 30.5 Å². The number of nitrogens with two attached hydrogens (primary N) is 1. The molecule has 0 saturated heterocycles. The summed E-state index contributed by atoms with van der Waals surface area (Å²) in [5.74, 6) is -0.724. The zero-order valence-electron chi connectivity index (χ0n) is 10.9. The molecule has 110 valence electrons. The Morgan fingerprint density at radius 3 is 2.60 bits per heavy atom. The highest BCUT2D eigenvalue weighted by Gasteiger charge is 2.33. The molecule has 0 radical (unpaired) electrons. The van der Waals surface area contributed by atoms with E-state index in [1.165, 1.54) is 0 Å². The maximum Gasteiger partial charge on any atom is 0.416 e. The predicted octanol–water partition coefficient (Wildman–Crippen LogP) is 2.75. The van der Waals surface area contributed by atoms with Crippen molar-refractivity contribution in [2.75, 3.05) is 7.05 Å². The molecular weight excluding hydrogens is 274 g/mol. The van der Waals surface area contributed by atoms with Crippen LogP contribution < -0.4 is 5.73 Å². The maximum absolute atomic E-state index is 12.9. The van der Waals surface area contributed by atoms with E-state index in [-0.39, 0.29) is 18.1 Å². The van der Waals surface area contributed by atoms with Crippen LogP contribution in [0.15, 0.2) is 23.2 Å². The van der Waals surface area contributed by atoms with Crippen LogP contribution in [0, 0.1) is 5.82 Å². The maximum atomic E-state index is 12.9. The van der Waals surface area contributed by atoms with Crippen molar-refractivity contribution in [2.24, 2.45) is 10.7 Å². The smallest absolute Gasteiger partial charge is 0.370 e. The summed E-state index contributed by atoms with van der Waals surface area (Å²) in [6, 6.07) is 2.88. The summed E-state index contributed by atoms with van der Waals surface area (Å²) >= 11 is 0. The topological polar surface area (TPSA) is 41.6 Å². The summed E-state index contributed by atoms with van der Waals surface area (Å²) in [6.45, 7) is -0.224. The largest absolute Gasteiger partial charge is 0.416 e. The van der Waals surface area contributed by atoms with Gasteiger partial charge in [0.05, 0.1) is 12.1 Å². The number of alkyl halides is 3. The Hall–Kier alpha value is -1.79. The lowest BCUT2D eigenvalue weighted by Crippen LogP contribution is -2.35. The fourth-order valence-electron chi connectivity index (χ4n) is 1.88. The summed E-state index contributed by atoms with van der Waals surface area (Å²) in [5, 5.41) is 0. The average molecular weight is 289 g/mol. The molecule has 20 heavy (non-hydrogen) atoms. The van der Waals surface area contributed by atoms with Crippen molar-refractivity contribution in [3.05, 3.63) is 35.1 Å². The summed E-state index contributed by atoms with van der Waals surface area (Å²) < 4.78 is 51.3. The van der Waals surface area contributed by atoms with Crippen molar-refractivity contribution < 1.29 is 17.6 Å². The van der Waals surface area contributed by atoms with E-state index >= 15 is 0 Å². The molecule has 0 atom stereocenters. The van der Waals surface area contributed by atoms with Crippen LogP contribution in [0.4, 0.5) is 17.6 Å². The molecule has 0 heterocycles. The van der Waals surface area contributed by atoms with E-state index < -0.39 is 17.6 Å².